The summed E-state index contributed by atoms with van der Waals surface area (Å²) in [6, 6.07) is -0.457. The van der Waals surface area contributed by atoms with E-state index in [0.717, 1.165) is 25.8 Å². The van der Waals surface area contributed by atoms with Crippen LogP contribution in [-0.4, -0.2) is 46.3 Å². The zero-order valence-electron chi connectivity index (χ0n) is 12.8. The molecule has 2 aliphatic rings. The van der Waals surface area contributed by atoms with Crippen molar-refractivity contribution in [3.05, 3.63) is 0 Å². The van der Waals surface area contributed by atoms with E-state index >= 15 is 0 Å². The second kappa shape index (κ2) is 4.80. The Morgan fingerprint density at radius 1 is 1.16 bits per heavy atom. The van der Waals surface area contributed by atoms with Crippen LogP contribution in [0.2, 0.25) is 0 Å². The Morgan fingerprint density at radius 3 is 2.37 bits per heavy atom. The van der Waals surface area contributed by atoms with Crippen LogP contribution in [0.4, 0.5) is 0 Å². The van der Waals surface area contributed by atoms with Gasteiger partial charge in [-0.2, -0.15) is 0 Å². The maximum absolute atomic E-state index is 12.7. The number of hydrogen-bond donors (Lipinski definition) is 0. The first kappa shape index (κ1) is 14.4. The molecule has 0 bridgehead atoms. The summed E-state index contributed by atoms with van der Waals surface area (Å²) in [5, 5.41) is 0. The van der Waals surface area contributed by atoms with Crippen molar-refractivity contribution >= 4 is 11.8 Å². The Kier molecular flexibility index (Phi) is 3.63. The Morgan fingerprint density at radius 2 is 1.79 bits per heavy atom. The van der Waals surface area contributed by atoms with Gasteiger partial charge in [0.05, 0.1) is 0 Å². The zero-order chi connectivity index (χ0) is 14.4. The summed E-state index contributed by atoms with van der Waals surface area (Å²) < 4.78 is 0. The minimum Gasteiger partial charge on any atom is -0.329 e. The molecule has 0 N–H and O–H groups in total. The third-order valence-electron chi connectivity index (χ3n) is 4.77. The molecule has 2 amide bonds. The number of carbonyl (C=O) groups excluding carboxylic acids is 2. The number of rotatable bonds is 1. The molecule has 0 aromatic carbocycles. The Hall–Kier alpha value is -1.06. The maximum atomic E-state index is 12.7. The molecule has 2 heterocycles. The van der Waals surface area contributed by atoms with Gasteiger partial charge in [-0.15, -0.1) is 0 Å². The largest absolute Gasteiger partial charge is 0.329 e. The van der Waals surface area contributed by atoms with Crippen molar-refractivity contribution in [3.63, 3.8) is 0 Å². The number of hydrogen-bond acceptors (Lipinski definition) is 2. The van der Waals surface area contributed by atoms with Crippen LogP contribution in [0.5, 0.6) is 0 Å². The molecule has 4 nitrogen and oxygen atoms in total. The van der Waals surface area contributed by atoms with Crippen molar-refractivity contribution < 1.29 is 9.59 Å². The smallest absolute Gasteiger partial charge is 0.246 e. The van der Waals surface area contributed by atoms with Crippen LogP contribution < -0.4 is 0 Å². The summed E-state index contributed by atoms with van der Waals surface area (Å²) >= 11 is 0. The molecule has 0 radical (unpaired) electrons. The summed E-state index contributed by atoms with van der Waals surface area (Å²) in [6.45, 7) is 11.0. The van der Waals surface area contributed by atoms with Crippen LogP contribution in [0, 0.1) is 5.41 Å². The van der Waals surface area contributed by atoms with Crippen LogP contribution >= 0.6 is 0 Å². The molecule has 3 unspecified atom stereocenters. The molecule has 4 heteroatoms. The molecule has 2 saturated heterocycles. The summed E-state index contributed by atoms with van der Waals surface area (Å²) in [5.74, 6) is 0.273. The number of fused-ring (bicyclic) bond motifs is 1. The summed E-state index contributed by atoms with van der Waals surface area (Å²) in [6.07, 6.45) is 2.90. The van der Waals surface area contributed by atoms with Crippen molar-refractivity contribution in [2.45, 2.75) is 72.0 Å². The lowest BCUT2D eigenvalue weighted by Gasteiger charge is -2.50. The van der Waals surface area contributed by atoms with Gasteiger partial charge in [-0.3, -0.25) is 9.59 Å². The predicted octanol–water partition coefficient (Wildman–Crippen LogP) is 2.03. The third-order valence-corrected chi connectivity index (χ3v) is 4.77. The summed E-state index contributed by atoms with van der Waals surface area (Å²) in [4.78, 5) is 28.9. The molecule has 3 atom stereocenters. The summed E-state index contributed by atoms with van der Waals surface area (Å²) in [5.41, 5.74) is -0.0129. The molecule has 0 spiro atoms. The maximum Gasteiger partial charge on any atom is 0.246 e. The number of piperidine rings is 1. The van der Waals surface area contributed by atoms with Gasteiger partial charge in [0, 0.05) is 12.6 Å². The highest BCUT2D eigenvalue weighted by atomic mass is 16.2. The topological polar surface area (TPSA) is 40.6 Å². The standard InChI is InChI=1S/C15H26N2O2/c1-10-13(18)16-9-7-6-8-12(16)14(19)17(10)11(2)15(3,4)5/h10-12H,6-9H2,1-5H3. The van der Waals surface area contributed by atoms with Crippen LogP contribution in [-0.2, 0) is 9.59 Å². The van der Waals surface area contributed by atoms with E-state index in [1.54, 1.807) is 0 Å². The highest BCUT2D eigenvalue weighted by Crippen LogP contribution is 2.32. The lowest BCUT2D eigenvalue weighted by atomic mass is 9.84. The molecule has 0 aromatic rings. The van der Waals surface area contributed by atoms with Gasteiger partial charge in [0.25, 0.3) is 0 Å². The zero-order valence-corrected chi connectivity index (χ0v) is 12.8. The van der Waals surface area contributed by atoms with Crippen LogP contribution in [0.1, 0.15) is 53.9 Å². The van der Waals surface area contributed by atoms with Gasteiger partial charge < -0.3 is 9.80 Å². The minimum absolute atomic E-state index is 0.0129. The van der Waals surface area contributed by atoms with Gasteiger partial charge in [0.15, 0.2) is 0 Å². The van der Waals surface area contributed by atoms with Crippen LogP contribution in [0.15, 0.2) is 0 Å². The van der Waals surface area contributed by atoms with E-state index in [9.17, 15) is 9.59 Å². The Bertz CT molecular complexity index is 386. The fourth-order valence-electron chi connectivity index (χ4n) is 3.12. The monoisotopic (exact) mass is 266 g/mol. The normalized spacial score (nSPS) is 30.4. The van der Waals surface area contributed by atoms with Gasteiger partial charge in [0.1, 0.15) is 12.1 Å². The molecule has 2 aliphatic heterocycles. The number of nitrogens with zero attached hydrogens (tertiary/aromatic N) is 2. The van der Waals surface area contributed by atoms with Gasteiger partial charge in [0.2, 0.25) is 11.8 Å². The Balaban J connectivity index is 2.29. The van der Waals surface area contributed by atoms with E-state index in [-0.39, 0.29) is 35.4 Å². The van der Waals surface area contributed by atoms with Crippen molar-refractivity contribution in [2.75, 3.05) is 6.54 Å². The average Bonchev–Trinajstić information content (AvgIpc) is 2.35. The molecule has 0 saturated carbocycles. The van der Waals surface area contributed by atoms with Gasteiger partial charge in [-0.05, 0) is 38.5 Å². The van der Waals surface area contributed by atoms with Crippen LogP contribution in [0.3, 0.4) is 0 Å². The van der Waals surface area contributed by atoms with E-state index in [0.29, 0.717) is 0 Å². The lowest BCUT2D eigenvalue weighted by Crippen LogP contribution is -2.68. The molecule has 0 aliphatic carbocycles. The predicted molar refractivity (Wildman–Crippen MR) is 74.6 cm³/mol. The quantitative estimate of drug-likeness (QED) is 0.728. The SMILES string of the molecule is CC1C(=O)N2CCCCC2C(=O)N1C(C)C(C)(C)C. The fourth-order valence-corrected chi connectivity index (χ4v) is 3.12. The second-order valence-electron chi connectivity index (χ2n) is 7.01. The fraction of sp³-hybridized carbons (Fsp3) is 0.867. The van der Waals surface area contributed by atoms with Crippen molar-refractivity contribution in [1.82, 2.24) is 9.80 Å². The number of carbonyl (C=O) groups is 2. The van der Waals surface area contributed by atoms with Crippen molar-refractivity contribution in [2.24, 2.45) is 5.41 Å². The first-order valence-corrected chi connectivity index (χ1v) is 7.38. The molecule has 0 aromatic heterocycles. The number of piperazine rings is 1. The van der Waals surface area contributed by atoms with Crippen LogP contribution in [0.25, 0.3) is 0 Å². The average molecular weight is 266 g/mol. The lowest BCUT2D eigenvalue weighted by molar-refractivity contribution is -0.167. The second-order valence-corrected chi connectivity index (χ2v) is 7.01. The van der Waals surface area contributed by atoms with E-state index in [2.05, 4.69) is 27.7 Å². The highest BCUT2D eigenvalue weighted by molar-refractivity contribution is 5.97. The number of amides is 2. The molecular weight excluding hydrogens is 240 g/mol. The van der Waals surface area contributed by atoms with Crippen molar-refractivity contribution in [1.29, 1.82) is 0 Å². The molecule has 19 heavy (non-hydrogen) atoms. The molecule has 2 fully saturated rings. The molecule has 108 valence electrons. The van der Waals surface area contributed by atoms with E-state index in [1.165, 1.54) is 0 Å². The minimum atomic E-state index is -0.323. The summed E-state index contributed by atoms with van der Waals surface area (Å²) in [7, 11) is 0. The van der Waals surface area contributed by atoms with Gasteiger partial charge >= 0.3 is 0 Å². The van der Waals surface area contributed by atoms with Crippen molar-refractivity contribution in [3.8, 4) is 0 Å². The Labute approximate surface area is 116 Å². The highest BCUT2D eigenvalue weighted by Gasteiger charge is 2.47. The molecule has 2 rings (SSSR count). The third kappa shape index (κ3) is 2.37. The van der Waals surface area contributed by atoms with E-state index in [1.807, 2.05) is 16.7 Å². The first-order chi connectivity index (χ1) is 8.75. The van der Waals surface area contributed by atoms with E-state index in [4.69, 9.17) is 0 Å². The molecular formula is C15H26N2O2. The van der Waals surface area contributed by atoms with Gasteiger partial charge in [-0.1, -0.05) is 20.8 Å². The van der Waals surface area contributed by atoms with E-state index < -0.39 is 0 Å². The first-order valence-electron chi connectivity index (χ1n) is 7.38. The van der Waals surface area contributed by atoms with Gasteiger partial charge in [-0.25, -0.2) is 0 Å².